The van der Waals surface area contributed by atoms with Crippen LogP contribution in [0.3, 0.4) is 0 Å². The number of para-hydroxylation sites is 2. The summed E-state index contributed by atoms with van der Waals surface area (Å²) in [6.45, 7) is 0.187. The fourth-order valence-corrected chi connectivity index (χ4v) is 0.841. The van der Waals surface area contributed by atoms with Gasteiger partial charge >= 0.3 is 0 Å². The molecule has 4 heteroatoms. The molecule has 3 N–H and O–H groups in total. The number of hydrogen-bond donors (Lipinski definition) is 2. The SMILES string of the molecule is NC(=O)CCOc1ccccc1O. The number of carbonyl (C=O) groups excluding carboxylic acids is 1. The molecule has 0 heterocycles. The molecule has 13 heavy (non-hydrogen) atoms. The number of ether oxygens (including phenoxy) is 1. The molecule has 0 atom stereocenters. The van der Waals surface area contributed by atoms with Crippen molar-refractivity contribution in [1.29, 1.82) is 0 Å². The summed E-state index contributed by atoms with van der Waals surface area (Å²) in [5.74, 6) is 0.00569. The summed E-state index contributed by atoms with van der Waals surface area (Å²) in [6, 6.07) is 6.56. The highest BCUT2D eigenvalue weighted by atomic mass is 16.5. The van der Waals surface area contributed by atoms with Gasteiger partial charge in [-0.25, -0.2) is 0 Å². The highest BCUT2D eigenvalue weighted by Gasteiger charge is 2.00. The minimum atomic E-state index is -0.421. The molecule has 0 spiro atoms. The zero-order valence-electron chi connectivity index (χ0n) is 7.06. The standard InChI is InChI=1S/C9H11NO3/c10-9(12)5-6-13-8-4-2-1-3-7(8)11/h1-4,11H,5-6H2,(H2,10,12). The van der Waals surface area contributed by atoms with Crippen molar-refractivity contribution >= 4 is 5.91 Å². The van der Waals surface area contributed by atoms with Gasteiger partial charge in [0.05, 0.1) is 13.0 Å². The lowest BCUT2D eigenvalue weighted by atomic mass is 10.3. The summed E-state index contributed by atoms with van der Waals surface area (Å²) >= 11 is 0. The van der Waals surface area contributed by atoms with E-state index in [0.717, 1.165) is 0 Å². The highest BCUT2D eigenvalue weighted by molar-refractivity contribution is 5.73. The summed E-state index contributed by atoms with van der Waals surface area (Å²) in [6.07, 6.45) is 0.147. The molecule has 1 rings (SSSR count). The number of carbonyl (C=O) groups is 1. The number of amides is 1. The molecule has 0 saturated heterocycles. The van der Waals surface area contributed by atoms with Crippen LogP contribution in [0.1, 0.15) is 6.42 Å². The molecule has 1 aromatic rings. The van der Waals surface area contributed by atoms with Gasteiger partial charge in [0.25, 0.3) is 0 Å². The Kier molecular flexibility index (Phi) is 3.14. The van der Waals surface area contributed by atoms with Gasteiger partial charge in [0.15, 0.2) is 11.5 Å². The first-order valence-electron chi connectivity index (χ1n) is 3.89. The van der Waals surface area contributed by atoms with E-state index in [1.54, 1.807) is 18.2 Å². The molecule has 1 aromatic carbocycles. The first-order chi connectivity index (χ1) is 6.20. The van der Waals surface area contributed by atoms with Crippen molar-refractivity contribution in [2.75, 3.05) is 6.61 Å². The molecule has 4 nitrogen and oxygen atoms in total. The predicted octanol–water partition coefficient (Wildman–Crippen LogP) is 0.646. The molecule has 0 aromatic heterocycles. The molecule has 0 saturated carbocycles. The Morgan fingerprint density at radius 3 is 2.77 bits per heavy atom. The summed E-state index contributed by atoms with van der Waals surface area (Å²) < 4.78 is 5.10. The zero-order valence-corrected chi connectivity index (χ0v) is 7.06. The van der Waals surface area contributed by atoms with Crippen molar-refractivity contribution in [3.05, 3.63) is 24.3 Å². The van der Waals surface area contributed by atoms with Crippen LogP contribution in [0.5, 0.6) is 11.5 Å². The summed E-state index contributed by atoms with van der Waals surface area (Å²) in [5.41, 5.74) is 4.91. The maximum Gasteiger partial charge on any atom is 0.220 e. The number of phenolic OH excluding ortho intramolecular Hbond substituents is 1. The van der Waals surface area contributed by atoms with Crippen molar-refractivity contribution in [1.82, 2.24) is 0 Å². The van der Waals surface area contributed by atoms with Crippen LogP contribution >= 0.6 is 0 Å². The second kappa shape index (κ2) is 4.35. The molecule has 0 aliphatic rings. The molecule has 0 radical (unpaired) electrons. The third kappa shape index (κ3) is 3.02. The van der Waals surface area contributed by atoms with E-state index in [4.69, 9.17) is 10.5 Å². The Labute approximate surface area is 75.9 Å². The Balaban J connectivity index is 2.45. The zero-order chi connectivity index (χ0) is 9.68. The molecule has 1 amide bonds. The van der Waals surface area contributed by atoms with Gasteiger partial charge < -0.3 is 15.6 Å². The lowest BCUT2D eigenvalue weighted by Crippen LogP contribution is -2.14. The Morgan fingerprint density at radius 1 is 1.46 bits per heavy atom. The molecule has 70 valence electrons. The van der Waals surface area contributed by atoms with Crippen LogP contribution in [0.2, 0.25) is 0 Å². The van der Waals surface area contributed by atoms with Gasteiger partial charge in [-0.15, -0.1) is 0 Å². The average Bonchev–Trinajstić information content (AvgIpc) is 2.08. The van der Waals surface area contributed by atoms with Gasteiger partial charge in [0.2, 0.25) is 5.91 Å². The van der Waals surface area contributed by atoms with E-state index in [0.29, 0.717) is 5.75 Å². The highest BCUT2D eigenvalue weighted by Crippen LogP contribution is 2.24. The molecule has 0 fully saturated rings. The minimum Gasteiger partial charge on any atom is -0.504 e. The van der Waals surface area contributed by atoms with E-state index in [1.807, 2.05) is 0 Å². The predicted molar refractivity (Wildman–Crippen MR) is 47.4 cm³/mol. The fraction of sp³-hybridized carbons (Fsp3) is 0.222. The van der Waals surface area contributed by atoms with Crippen molar-refractivity contribution in [2.24, 2.45) is 5.73 Å². The number of phenols is 1. The first-order valence-corrected chi connectivity index (χ1v) is 3.89. The van der Waals surface area contributed by atoms with Gasteiger partial charge in [0.1, 0.15) is 0 Å². The minimum absolute atomic E-state index is 0.0620. The van der Waals surface area contributed by atoms with E-state index in [9.17, 15) is 9.90 Å². The van der Waals surface area contributed by atoms with Crippen molar-refractivity contribution < 1.29 is 14.6 Å². The number of hydrogen-bond acceptors (Lipinski definition) is 3. The van der Waals surface area contributed by atoms with Crippen LogP contribution in [-0.2, 0) is 4.79 Å². The number of nitrogens with two attached hydrogens (primary N) is 1. The maximum atomic E-state index is 10.4. The topological polar surface area (TPSA) is 72.6 Å². The number of benzene rings is 1. The van der Waals surface area contributed by atoms with Crippen LogP contribution in [0.25, 0.3) is 0 Å². The van der Waals surface area contributed by atoms with Crippen molar-refractivity contribution in [2.45, 2.75) is 6.42 Å². The monoisotopic (exact) mass is 181 g/mol. The molecule has 0 aliphatic heterocycles. The van der Waals surface area contributed by atoms with E-state index < -0.39 is 5.91 Å². The lowest BCUT2D eigenvalue weighted by Gasteiger charge is -2.05. The van der Waals surface area contributed by atoms with Crippen molar-refractivity contribution in [3.8, 4) is 11.5 Å². The number of primary amides is 1. The fourth-order valence-electron chi connectivity index (χ4n) is 0.841. The Hall–Kier alpha value is -1.71. The van der Waals surface area contributed by atoms with Gasteiger partial charge in [0, 0.05) is 0 Å². The van der Waals surface area contributed by atoms with Crippen LogP contribution in [0, 0.1) is 0 Å². The third-order valence-electron chi connectivity index (χ3n) is 1.47. The van der Waals surface area contributed by atoms with Crippen LogP contribution in [-0.4, -0.2) is 17.6 Å². The lowest BCUT2D eigenvalue weighted by molar-refractivity contribution is -0.118. The second-order valence-corrected chi connectivity index (χ2v) is 2.53. The van der Waals surface area contributed by atoms with Gasteiger partial charge in [-0.2, -0.15) is 0 Å². The third-order valence-corrected chi connectivity index (χ3v) is 1.47. The largest absolute Gasteiger partial charge is 0.504 e. The first kappa shape index (κ1) is 9.38. The molecular formula is C9H11NO3. The van der Waals surface area contributed by atoms with Crippen LogP contribution in [0.4, 0.5) is 0 Å². The van der Waals surface area contributed by atoms with Crippen LogP contribution < -0.4 is 10.5 Å². The van der Waals surface area contributed by atoms with Crippen molar-refractivity contribution in [3.63, 3.8) is 0 Å². The second-order valence-electron chi connectivity index (χ2n) is 2.53. The van der Waals surface area contributed by atoms with E-state index in [1.165, 1.54) is 6.07 Å². The normalized spacial score (nSPS) is 9.54. The summed E-state index contributed by atoms with van der Waals surface area (Å²) in [7, 11) is 0. The summed E-state index contributed by atoms with van der Waals surface area (Å²) in [5, 5.41) is 9.23. The summed E-state index contributed by atoms with van der Waals surface area (Å²) in [4.78, 5) is 10.4. The molecule has 0 aliphatic carbocycles. The molecule has 0 unspecified atom stereocenters. The number of rotatable bonds is 4. The quantitative estimate of drug-likeness (QED) is 0.716. The van der Waals surface area contributed by atoms with Gasteiger partial charge in [-0.1, -0.05) is 12.1 Å². The van der Waals surface area contributed by atoms with E-state index in [2.05, 4.69) is 0 Å². The average molecular weight is 181 g/mol. The molecular weight excluding hydrogens is 170 g/mol. The Morgan fingerprint density at radius 2 is 2.15 bits per heavy atom. The maximum absolute atomic E-state index is 10.4. The Bertz CT molecular complexity index is 299. The number of aromatic hydroxyl groups is 1. The molecule has 0 bridgehead atoms. The van der Waals surface area contributed by atoms with Crippen LogP contribution in [0.15, 0.2) is 24.3 Å². The van der Waals surface area contributed by atoms with Gasteiger partial charge in [-0.3, -0.25) is 4.79 Å². The van der Waals surface area contributed by atoms with E-state index >= 15 is 0 Å². The smallest absolute Gasteiger partial charge is 0.220 e. The van der Waals surface area contributed by atoms with Gasteiger partial charge in [-0.05, 0) is 12.1 Å². The van der Waals surface area contributed by atoms with E-state index in [-0.39, 0.29) is 18.8 Å².